The molecule has 184 valence electrons. The second kappa shape index (κ2) is 12.7. The van der Waals surface area contributed by atoms with E-state index in [0.29, 0.717) is 31.2 Å². The van der Waals surface area contributed by atoms with Crippen LogP contribution in [0, 0.1) is 6.92 Å². The Balaban J connectivity index is 1.87. The topological polar surface area (TPSA) is 58.6 Å². The summed E-state index contributed by atoms with van der Waals surface area (Å²) in [5.74, 6) is 0.662. The number of nitrogens with zero attached hydrogens (tertiary/aromatic N) is 1. The number of likely N-dealkylation sites (N-methyl/N-ethyl adjacent to an activating group) is 1. The summed E-state index contributed by atoms with van der Waals surface area (Å²) in [6.07, 6.45) is 0.424. The zero-order valence-corrected chi connectivity index (χ0v) is 21.2. The first-order valence-electron chi connectivity index (χ1n) is 12.3. The van der Waals surface area contributed by atoms with Crippen molar-refractivity contribution in [2.24, 2.45) is 0 Å². The summed E-state index contributed by atoms with van der Waals surface area (Å²) in [6.45, 7) is 8.86. The maximum Gasteiger partial charge on any atom is 0.261 e. The molecule has 35 heavy (non-hydrogen) atoms. The molecular weight excluding hydrogens is 436 g/mol. The number of aryl methyl sites for hydroxylation is 1. The SMILES string of the molecule is CCNC(=O)[C@H](Cc1ccccc1)N(Cc1ccccc1C)C(=O)COc1ccc(C(C)C)cc1. The van der Waals surface area contributed by atoms with Crippen molar-refractivity contribution in [2.75, 3.05) is 13.2 Å². The number of hydrogen-bond acceptors (Lipinski definition) is 3. The minimum Gasteiger partial charge on any atom is -0.484 e. The smallest absolute Gasteiger partial charge is 0.261 e. The molecule has 0 heterocycles. The normalized spacial score (nSPS) is 11.7. The quantitative estimate of drug-likeness (QED) is 0.413. The first-order valence-corrected chi connectivity index (χ1v) is 12.3. The lowest BCUT2D eigenvalue weighted by Gasteiger charge is -2.31. The van der Waals surface area contributed by atoms with Gasteiger partial charge in [0.15, 0.2) is 6.61 Å². The molecule has 0 aliphatic heterocycles. The standard InChI is InChI=1S/C30H36N2O3/c1-5-31-30(34)28(19-24-12-7-6-8-13-24)32(20-26-14-10-9-11-23(26)4)29(33)21-35-27-17-15-25(16-18-27)22(2)3/h6-18,22,28H,5,19-21H2,1-4H3,(H,31,34)/t28-/m0/s1. The molecule has 0 unspecified atom stereocenters. The minimum absolute atomic E-state index is 0.141. The van der Waals surface area contributed by atoms with Gasteiger partial charge in [0.25, 0.3) is 5.91 Å². The van der Waals surface area contributed by atoms with E-state index >= 15 is 0 Å². The zero-order valence-electron chi connectivity index (χ0n) is 21.2. The summed E-state index contributed by atoms with van der Waals surface area (Å²) in [7, 11) is 0. The van der Waals surface area contributed by atoms with Crippen molar-refractivity contribution < 1.29 is 14.3 Å². The summed E-state index contributed by atoms with van der Waals surface area (Å²) >= 11 is 0. The fraction of sp³-hybridized carbons (Fsp3) is 0.333. The van der Waals surface area contributed by atoms with Gasteiger partial charge >= 0.3 is 0 Å². The third kappa shape index (κ3) is 7.44. The van der Waals surface area contributed by atoms with E-state index in [1.54, 1.807) is 4.90 Å². The minimum atomic E-state index is -0.656. The van der Waals surface area contributed by atoms with Crippen LogP contribution in [0.5, 0.6) is 5.75 Å². The van der Waals surface area contributed by atoms with Gasteiger partial charge in [0, 0.05) is 19.5 Å². The van der Waals surface area contributed by atoms with Gasteiger partial charge in [0.1, 0.15) is 11.8 Å². The van der Waals surface area contributed by atoms with Gasteiger partial charge in [-0.25, -0.2) is 0 Å². The van der Waals surface area contributed by atoms with Gasteiger partial charge in [-0.3, -0.25) is 9.59 Å². The van der Waals surface area contributed by atoms with Gasteiger partial charge in [-0.1, -0.05) is 80.6 Å². The van der Waals surface area contributed by atoms with Crippen LogP contribution in [0.1, 0.15) is 48.9 Å². The number of nitrogens with one attached hydrogen (secondary N) is 1. The Hall–Kier alpha value is -3.60. The highest BCUT2D eigenvalue weighted by Crippen LogP contribution is 2.20. The largest absolute Gasteiger partial charge is 0.484 e. The number of benzene rings is 3. The summed E-state index contributed by atoms with van der Waals surface area (Å²) < 4.78 is 5.87. The van der Waals surface area contributed by atoms with Crippen molar-refractivity contribution in [3.8, 4) is 5.75 Å². The molecule has 0 saturated carbocycles. The number of rotatable bonds is 11. The van der Waals surface area contributed by atoms with Crippen molar-refractivity contribution in [3.05, 3.63) is 101 Å². The van der Waals surface area contributed by atoms with Crippen LogP contribution in [0.2, 0.25) is 0 Å². The van der Waals surface area contributed by atoms with E-state index in [2.05, 4.69) is 19.2 Å². The molecule has 0 spiro atoms. The first-order chi connectivity index (χ1) is 16.9. The number of carbonyl (C=O) groups excluding carboxylic acids is 2. The van der Waals surface area contributed by atoms with Gasteiger partial charge in [-0.05, 0) is 54.2 Å². The van der Waals surface area contributed by atoms with Crippen LogP contribution in [-0.2, 0) is 22.6 Å². The molecule has 0 aliphatic rings. The Bertz CT molecular complexity index is 1090. The molecule has 0 radical (unpaired) electrons. The van der Waals surface area contributed by atoms with E-state index in [1.165, 1.54) is 5.56 Å². The van der Waals surface area contributed by atoms with Gasteiger partial charge in [0.2, 0.25) is 5.91 Å². The zero-order chi connectivity index (χ0) is 25.2. The summed E-state index contributed by atoms with van der Waals surface area (Å²) in [5.41, 5.74) is 4.29. The molecular formula is C30H36N2O3. The Morgan fingerprint density at radius 1 is 0.914 bits per heavy atom. The second-order valence-electron chi connectivity index (χ2n) is 9.06. The molecule has 2 amide bonds. The van der Waals surface area contributed by atoms with Crippen molar-refractivity contribution >= 4 is 11.8 Å². The average Bonchev–Trinajstić information content (AvgIpc) is 2.86. The maximum absolute atomic E-state index is 13.6. The summed E-state index contributed by atoms with van der Waals surface area (Å²) in [6, 6.07) is 24.9. The van der Waals surface area contributed by atoms with Crippen LogP contribution in [0.25, 0.3) is 0 Å². The van der Waals surface area contributed by atoms with Crippen LogP contribution in [0.4, 0.5) is 0 Å². The molecule has 1 N–H and O–H groups in total. The van der Waals surface area contributed by atoms with Crippen LogP contribution in [0.3, 0.4) is 0 Å². The van der Waals surface area contributed by atoms with Crippen molar-refractivity contribution in [2.45, 2.75) is 52.6 Å². The average molecular weight is 473 g/mol. The maximum atomic E-state index is 13.6. The molecule has 3 aromatic rings. The van der Waals surface area contributed by atoms with Crippen LogP contribution < -0.4 is 10.1 Å². The van der Waals surface area contributed by atoms with Gasteiger partial charge < -0.3 is 15.0 Å². The second-order valence-corrected chi connectivity index (χ2v) is 9.06. The fourth-order valence-corrected chi connectivity index (χ4v) is 3.99. The van der Waals surface area contributed by atoms with Gasteiger partial charge in [-0.15, -0.1) is 0 Å². The fourth-order valence-electron chi connectivity index (χ4n) is 3.99. The van der Waals surface area contributed by atoms with Crippen molar-refractivity contribution in [1.82, 2.24) is 10.2 Å². The molecule has 1 atom stereocenters. The highest BCUT2D eigenvalue weighted by Gasteiger charge is 2.30. The lowest BCUT2D eigenvalue weighted by Crippen LogP contribution is -2.51. The van der Waals surface area contributed by atoms with E-state index in [4.69, 9.17) is 4.74 Å². The number of hydrogen-bond donors (Lipinski definition) is 1. The Labute approximate surface area is 209 Å². The molecule has 0 aromatic heterocycles. The highest BCUT2D eigenvalue weighted by molar-refractivity contribution is 5.88. The number of ether oxygens (including phenoxy) is 1. The monoisotopic (exact) mass is 472 g/mol. The third-order valence-corrected chi connectivity index (χ3v) is 6.13. The Morgan fingerprint density at radius 3 is 2.20 bits per heavy atom. The highest BCUT2D eigenvalue weighted by atomic mass is 16.5. The lowest BCUT2D eigenvalue weighted by molar-refractivity contribution is -0.142. The Kier molecular flexibility index (Phi) is 9.47. The van der Waals surface area contributed by atoms with Gasteiger partial charge in [-0.2, -0.15) is 0 Å². The lowest BCUT2D eigenvalue weighted by atomic mass is 10.0. The molecule has 3 aromatic carbocycles. The predicted octanol–water partition coefficient (Wildman–Crippen LogP) is 5.27. The summed E-state index contributed by atoms with van der Waals surface area (Å²) in [4.78, 5) is 28.4. The molecule has 5 heteroatoms. The molecule has 0 aliphatic carbocycles. The first kappa shape index (κ1) is 26.0. The molecule has 5 nitrogen and oxygen atoms in total. The van der Waals surface area contributed by atoms with E-state index < -0.39 is 6.04 Å². The number of amides is 2. The van der Waals surface area contributed by atoms with E-state index in [9.17, 15) is 9.59 Å². The predicted molar refractivity (Wildman–Crippen MR) is 140 cm³/mol. The van der Waals surface area contributed by atoms with Crippen LogP contribution in [0.15, 0.2) is 78.9 Å². The molecule has 0 fully saturated rings. The van der Waals surface area contributed by atoms with E-state index in [0.717, 1.165) is 16.7 Å². The van der Waals surface area contributed by atoms with Crippen LogP contribution in [-0.4, -0.2) is 35.9 Å². The number of carbonyl (C=O) groups is 2. The summed E-state index contributed by atoms with van der Waals surface area (Å²) in [5, 5.41) is 2.92. The van der Waals surface area contributed by atoms with E-state index in [1.807, 2.05) is 92.7 Å². The molecule has 0 saturated heterocycles. The van der Waals surface area contributed by atoms with Crippen molar-refractivity contribution in [3.63, 3.8) is 0 Å². The van der Waals surface area contributed by atoms with Crippen LogP contribution >= 0.6 is 0 Å². The van der Waals surface area contributed by atoms with Gasteiger partial charge in [0.05, 0.1) is 0 Å². The third-order valence-electron chi connectivity index (χ3n) is 6.13. The van der Waals surface area contributed by atoms with Crippen molar-refractivity contribution in [1.29, 1.82) is 0 Å². The van der Waals surface area contributed by atoms with E-state index in [-0.39, 0.29) is 18.4 Å². The molecule has 3 rings (SSSR count). The molecule has 0 bridgehead atoms. The Morgan fingerprint density at radius 2 is 1.57 bits per heavy atom.